The van der Waals surface area contributed by atoms with E-state index in [1.165, 1.54) is 43.3 Å². The molecule has 2 heterocycles. The molecule has 2 aromatic rings. The first kappa shape index (κ1) is 21.8. The van der Waals surface area contributed by atoms with Gasteiger partial charge in [-0.3, -0.25) is 34.1 Å². The smallest absolute Gasteiger partial charge is 0.303 e. The van der Waals surface area contributed by atoms with Crippen molar-refractivity contribution >= 4 is 40.8 Å². The molecule has 172 valence electrons. The van der Waals surface area contributed by atoms with Gasteiger partial charge in [-0.15, -0.1) is 0 Å². The number of carboxylic acid groups (broad SMARTS) is 1. The number of ketones is 3. The van der Waals surface area contributed by atoms with Crippen molar-refractivity contribution in [2.75, 3.05) is 4.90 Å². The molecular weight excluding hydrogens is 440 g/mol. The van der Waals surface area contributed by atoms with E-state index in [9.17, 15) is 33.9 Å². The molecule has 2 aliphatic heterocycles. The topological polar surface area (TPSA) is 138 Å². The molecule has 2 saturated heterocycles. The number of carbonyl (C=O) groups is 6. The number of benzene rings is 2. The van der Waals surface area contributed by atoms with E-state index < -0.39 is 52.8 Å². The number of Topliss-reactive ketones (excluding diaryl/α,β-unsaturated/α-hetero) is 3. The Morgan fingerprint density at radius 1 is 0.941 bits per heavy atom. The predicted octanol–water partition coefficient (Wildman–Crippen LogP) is 1.65. The van der Waals surface area contributed by atoms with Crippen LogP contribution in [0.1, 0.15) is 50.8 Å². The summed E-state index contributed by atoms with van der Waals surface area (Å²) in [6.45, 7) is 1.39. The number of hydrogen-bond donors (Lipinski definition) is 2. The van der Waals surface area contributed by atoms with E-state index in [0.717, 1.165) is 4.90 Å². The summed E-state index contributed by atoms with van der Waals surface area (Å²) in [5, 5.41) is 12.1. The zero-order chi connectivity index (χ0) is 24.4. The number of fused-ring (bicyclic) bond motifs is 3. The van der Waals surface area contributed by atoms with Gasteiger partial charge >= 0.3 is 5.97 Å². The zero-order valence-corrected chi connectivity index (χ0v) is 18.1. The fourth-order valence-corrected chi connectivity index (χ4v) is 5.47. The third-order valence-corrected chi connectivity index (χ3v) is 7.00. The van der Waals surface area contributed by atoms with Crippen LogP contribution in [0.3, 0.4) is 0 Å². The second-order valence-electron chi connectivity index (χ2n) is 8.81. The van der Waals surface area contributed by atoms with Crippen molar-refractivity contribution in [1.29, 1.82) is 0 Å². The van der Waals surface area contributed by atoms with Crippen molar-refractivity contribution < 1.29 is 33.9 Å². The zero-order valence-electron chi connectivity index (χ0n) is 18.1. The number of nitrogens with zero attached hydrogens (tertiary/aromatic N) is 1. The number of anilines is 1. The van der Waals surface area contributed by atoms with Gasteiger partial charge in [-0.05, 0) is 37.6 Å². The molecule has 1 spiro atoms. The van der Waals surface area contributed by atoms with Gasteiger partial charge in [0.05, 0.1) is 17.5 Å². The van der Waals surface area contributed by atoms with Gasteiger partial charge in [-0.1, -0.05) is 24.3 Å². The summed E-state index contributed by atoms with van der Waals surface area (Å²) < 4.78 is 0. The molecule has 5 rings (SSSR count). The minimum absolute atomic E-state index is 0.0364. The molecule has 3 atom stereocenters. The molecule has 0 aromatic heterocycles. The van der Waals surface area contributed by atoms with Crippen LogP contribution >= 0.6 is 0 Å². The molecule has 1 aliphatic carbocycles. The van der Waals surface area contributed by atoms with Crippen LogP contribution in [0.4, 0.5) is 5.69 Å². The summed E-state index contributed by atoms with van der Waals surface area (Å²) in [5.41, 5.74) is -1.00. The van der Waals surface area contributed by atoms with Crippen molar-refractivity contribution in [3.63, 3.8) is 0 Å². The van der Waals surface area contributed by atoms with E-state index in [0.29, 0.717) is 5.56 Å². The Kier molecular flexibility index (Phi) is 4.84. The highest BCUT2D eigenvalue weighted by Crippen LogP contribution is 2.50. The number of hydrogen-bond acceptors (Lipinski definition) is 7. The molecule has 2 N–H and O–H groups in total. The van der Waals surface area contributed by atoms with Gasteiger partial charge < -0.3 is 5.11 Å². The number of amides is 2. The van der Waals surface area contributed by atoms with Crippen molar-refractivity contribution in [3.8, 4) is 0 Å². The van der Waals surface area contributed by atoms with E-state index in [1.807, 2.05) is 0 Å². The van der Waals surface area contributed by atoms with Gasteiger partial charge in [-0.2, -0.15) is 0 Å². The first-order valence-electron chi connectivity index (χ1n) is 10.9. The third-order valence-electron chi connectivity index (χ3n) is 7.00. The molecule has 0 radical (unpaired) electrons. The van der Waals surface area contributed by atoms with Gasteiger partial charge in [0.2, 0.25) is 11.8 Å². The molecule has 9 nitrogen and oxygen atoms in total. The normalized spacial score (nSPS) is 24.6. The third kappa shape index (κ3) is 2.83. The molecule has 0 bridgehead atoms. The molecule has 2 aromatic carbocycles. The Hall–Kier alpha value is -3.98. The van der Waals surface area contributed by atoms with Gasteiger partial charge in [0.1, 0.15) is 0 Å². The number of imide groups is 1. The van der Waals surface area contributed by atoms with E-state index in [2.05, 4.69) is 5.32 Å². The van der Waals surface area contributed by atoms with Crippen molar-refractivity contribution in [3.05, 3.63) is 65.2 Å². The first-order chi connectivity index (χ1) is 16.2. The van der Waals surface area contributed by atoms with Crippen LogP contribution in [0.25, 0.3) is 0 Å². The number of nitrogens with one attached hydrogen (secondary N) is 1. The van der Waals surface area contributed by atoms with Crippen LogP contribution in [-0.4, -0.2) is 51.8 Å². The number of rotatable bonds is 5. The maximum absolute atomic E-state index is 13.7. The highest BCUT2D eigenvalue weighted by Gasteiger charge is 2.72. The fourth-order valence-electron chi connectivity index (χ4n) is 5.47. The Balaban J connectivity index is 1.61. The highest BCUT2D eigenvalue weighted by molar-refractivity contribution is 6.37. The van der Waals surface area contributed by atoms with Crippen molar-refractivity contribution in [2.24, 2.45) is 11.8 Å². The van der Waals surface area contributed by atoms with E-state index in [1.54, 1.807) is 12.1 Å². The lowest BCUT2D eigenvalue weighted by atomic mass is 9.76. The maximum atomic E-state index is 13.7. The Bertz CT molecular complexity index is 1260. The second-order valence-corrected chi connectivity index (χ2v) is 8.81. The maximum Gasteiger partial charge on any atom is 0.303 e. The average molecular weight is 460 g/mol. The lowest BCUT2D eigenvalue weighted by molar-refractivity contribution is -0.137. The molecule has 2 amide bonds. The molecule has 34 heavy (non-hydrogen) atoms. The number of carbonyl (C=O) groups excluding carboxylic acids is 5. The molecule has 3 aliphatic rings. The van der Waals surface area contributed by atoms with Crippen LogP contribution in [0, 0.1) is 11.8 Å². The first-order valence-corrected chi connectivity index (χ1v) is 10.9. The SMILES string of the molecule is CC(=O)c1ccc(N2C(=O)C3C(CCC(=O)O)NC4(C(=O)c5ccccc5C4=O)C3C2=O)cc1. The van der Waals surface area contributed by atoms with Crippen LogP contribution in [0.5, 0.6) is 0 Å². The Labute approximate surface area is 193 Å². The highest BCUT2D eigenvalue weighted by atomic mass is 16.4. The lowest BCUT2D eigenvalue weighted by Gasteiger charge is -2.28. The molecular formula is C25H20N2O7. The molecule has 2 fully saturated rings. The minimum Gasteiger partial charge on any atom is -0.481 e. The summed E-state index contributed by atoms with van der Waals surface area (Å²) in [7, 11) is 0. The Morgan fingerprint density at radius 3 is 2.06 bits per heavy atom. The summed E-state index contributed by atoms with van der Waals surface area (Å²) in [6, 6.07) is 11.3. The number of aliphatic carboxylic acids is 1. The predicted molar refractivity (Wildman–Crippen MR) is 118 cm³/mol. The monoisotopic (exact) mass is 460 g/mol. The summed E-state index contributed by atoms with van der Waals surface area (Å²) >= 11 is 0. The summed E-state index contributed by atoms with van der Waals surface area (Å²) in [6.07, 6.45) is -0.341. The van der Waals surface area contributed by atoms with E-state index in [-0.39, 0.29) is 35.4 Å². The second kappa shape index (κ2) is 7.53. The fraction of sp³-hybridized carbons (Fsp3) is 0.280. The largest absolute Gasteiger partial charge is 0.481 e. The van der Waals surface area contributed by atoms with Crippen molar-refractivity contribution in [2.45, 2.75) is 31.3 Å². The van der Waals surface area contributed by atoms with Crippen LogP contribution in [-0.2, 0) is 14.4 Å². The van der Waals surface area contributed by atoms with Gasteiger partial charge in [-0.25, -0.2) is 4.90 Å². The summed E-state index contributed by atoms with van der Waals surface area (Å²) in [5.74, 6) is -6.15. The molecule has 3 unspecified atom stereocenters. The minimum atomic E-state index is -1.96. The lowest BCUT2D eigenvalue weighted by Crippen LogP contribution is -2.59. The van der Waals surface area contributed by atoms with Crippen LogP contribution in [0.2, 0.25) is 0 Å². The molecule has 0 saturated carbocycles. The van der Waals surface area contributed by atoms with Crippen molar-refractivity contribution in [1.82, 2.24) is 5.32 Å². The standard InChI is InChI=1S/C25H20N2O7/c1-12(28)13-6-8-14(9-7-13)27-23(33)19-17(10-11-18(29)30)26-25(20(19)24(27)34)21(31)15-4-2-3-5-16(15)22(25)32/h2-9,17,19-20,26H,10-11H2,1H3,(H,29,30). The van der Waals surface area contributed by atoms with Crippen LogP contribution in [0.15, 0.2) is 48.5 Å². The van der Waals surface area contributed by atoms with Crippen LogP contribution < -0.4 is 10.2 Å². The van der Waals surface area contributed by atoms with Gasteiger partial charge in [0.25, 0.3) is 0 Å². The quantitative estimate of drug-likeness (QED) is 0.390. The number of carboxylic acids is 1. The Morgan fingerprint density at radius 2 is 1.53 bits per heavy atom. The summed E-state index contributed by atoms with van der Waals surface area (Å²) in [4.78, 5) is 78.1. The van der Waals surface area contributed by atoms with E-state index in [4.69, 9.17) is 0 Å². The van der Waals surface area contributed by atoms with Gasteiger partial charge in [0.15, 0.2) is 22.9 Å². The average Bonchev–Trinajstić information content (AvgIpc) is 3.37. The molecule has 9 heteroatoms. The van der Waals surface area contributed by atoms with E-state index >= 15 is 0 Å². The van der Waals surface area contributed by atoms with Gasteiger partial charge in [0, 0.05) is 29.2 Å².